The first-order chi connectivity index (χ1) is 11.1. The van der Waals surface area contributed by atoms with Crippen LogP contribution in [0.15, 0.2) is 56.1 Å². The van der Waals surface area contributed by atoms with Crippen LogP contribution in [0, 0.1) is 10.1 Å². The summed E-state index contributed by atoms with van der Waals surface area (Å²) in [7, 11) is 0. The summed E-state index contributed by atoms with van der Waals surface area (Å²) in [5.74, 6) is -0.301. The zero-order valence-corrected chi connectivity index (χ0v) is 11.6. The molecule has 114 valence electrons. The molecule has 8 nitrogen and oxygen atoms in total. The molecule has 0 unspecified atom stereocenters. The third kappa shape index (κ3) is 2.16. The Bertz CT molecular complexity index is 1070. The lowest BCUT2D eigenvalue weighted by atomic mass is 10.3. The molecule has 8 heteroatoms. The summed E-state index contributed by atoms with van der Waals surface area (Å²) in [6, 6.07) is 11.2. The summed E-state index contributed by atoms with van der Waals surface area (Å²) in [4.78, 5) is 26.7. The van der Waals surface area contributed by atoms with Crippen LogP contribution in [0.4, 0.5) is 5.69 Å². The lowest BCUT2D eigenvalue weighted by Gasteiger charge is -1.98. The Morgan fingerprint density at radius 1 is 1.13 bits per heavy atom. The van der Waals surface area contributed by atoms with Crippen LogP contribution < -0.4 is 5.76 Å². The van der Waals surface area contributed by atoms with Crippen LogP contribution in [0.5, 0.6) is 0 Å². The Morgan fingerprint density at radius 2 is 1.96 bits per heavy atom. The van der Waals surface area contributed by atoms with Gasteiger partial charge in [0.15, 0.2) is 11.2 Å². The molecule has 0 saturated heterocycles. The SMILES string of the molecule is O=c1oc2ccc([N+](=O)[O-])cc2n1Cc1nc2ccccc2o1. The maximum Gasteiger partial charge on any atom is 0.420 e. The van der Waals surface area contributed by atoms with Gasteiger partial charge in [0.1, 0.15) is 12.1 Å². The number of rotatable bonds is 3. The van der Waals surface area contributed by atoms with E-state index in [-0.39, 0.29) is 17.8 Å². The first-order valence-electron chi connectivity index (χ1n) is 6.74. The summed E-state index contributed by atoms with van der Waals surface area (Å²) in [5.41, 5.74) is 1.76. The molecule has 0 amide bonds. The maximum atomic E-state index is 12.0. The smallest absolute Gasteiger partial charge is 0.420 e. The highest BCUT2D eigenvalue weighted by Gasteiger charge is 2.16. The van der Waals surface area contributed by atoms with Crippen LogP contribution in [-0.2, 0) is 6.54 Å². The number of para-hydroxylation sites is 2. The van der Waals surface area contributed by atoms with E-state index in [2.05, 4.69) is 4.98 Å². The van der Waals surface area contributed by atoms with Crippen molar-refractivity contribution in [3.63, 3.8) is 0 Å². The standard InChI is InChI=1S/C15H9N3O5/c19-15-17(8-14-16-10-3-1-2-4-12(10)22-14)11-7-9(18(20)21)5-6-13(11)23-15/h1-7H,8H2. The van der Waals surface area contributed by atoms with Gasteiger partial charge < -0.3 is 8.83 Å². The fourth-order valence-corrected chi connectivity index (χ4v) is 2.44. The lowest BCUT2D eigenvalue weighted by molar-refractivity contribution is -0.384. The molecule has 0 bridgehead atoms. The van der Waals surface area contributed by atoms with E-state index in [0.29, 0.717) is 22.5 Å². The molecule has 2 aromatic heterocycles. The average Bonchev–Trinajstić information content (AvgIpc) is 3.08. The van der Waals surface area contributed by atoms with E-state index in [4.69, 9.17) is 8.83 Å². The second-order valence-electron chi connectivity index (χ2n) is 4.94. The van der Waals surface area contributed by atoms with E-state index in [9.17, 15) is 14.9 Å². The lowest BCUT2D eigenvalue weighted by Crippen LogP contribution is -2.15. The number of nitro benzene ring substituents is 1. The summed E-state index contributed by atoms with van der Waals surface area (Å²) in [5, 5.41) is 10.9. The predicted octanol–water partition coefficient (Wildman–Crippen LogP) is 2.69. The zero-order valence-electron chi connectivity index (χ0n) is 11.6. The second-order valence-corrected chi connectivity index (χ2v) is 4.94. The summed E-state index contributed by atoms with van der Waals surface area (Å²) < 4.78 is 11.9. The Labute approximate surface area is 127 Å². The summed E-state index contributed by atoms with van der Waals surface area (Å²) in [6.45, 7) is 0.0294. The van der Waals surface area contributed by atoms with Gasteiger partial charge in [0, 0.05) is 12.1 Å². The molecule has 4 rings (SSSR count). The molecular weight excluding hydrogens is 302 g/mol. The number of hydrogen-bond donors (Lipinski definition) is 0. The molecule has 0 N–H and O–H groups in total. The van der Waals surface area contributed by atoms with E-state index in [1.165, 1.54) is 22.8 Å². The fraction of sp³-hybridized carbons (Fsp3) is 0.0667. The van der Waals surface area contributed by atoms with Crippen LogP contribution in [0.3, 0.4) is 0 Å². The minimum atomic E-state index is -0.622. The molecular formula is C15H9N3O5. The van der Waals surface area contributed by atoms with Gasteiger partial charge in [-0.05, 0) is 18.2 Å². The van der Waals surface area contributed by atoms with Gasteiger partial charge in [0.2, 0.25) is 5.89 Å². The Hall–Kier alpha value is -3.42. The van der Waals surface area contributed by atoms with E-state index in [0.717, 1.165) is 0 Å². The predicted molar refractivity (Wildman–Crippen MR) is 80.2 cm³/mol. The minimum absolute atomic E-state index is 0.0294. The number of nitro groups is 1. The number of oxazole rings is 2. The Kier molecular flexibility index (Phi) is 2.77. The third-order valence-electron chi connectivity index (χ3n) is 3.49. The van der Waals surface area contributed by atoms with Crippen molar-refractivity contribution < 1.29 is 13.8 Å². The average molecular weight is 311 g/mol. The van der Waals surface area contributed by atoms with Crippen LogP contribution in [0.25, 0.3) is 22.2 Å². The van der Waals surface area contributed by atoms with Crippen molar-refractivity contribution in [2.75, 3.05) is 0 Å². The first kappa shape index (κ1) is 13.3. The minimum Gasteiger partial charge on any atom is -0.439 e. The van der Waals surface area contributed by atoms with E-state index in [1.54, 1.807) is 12.1 Å². The van der Waals surface area contributed by atoms with Crippen molar-refractivity contribution in [3.05, 3.63) is 69.0 Å². The van der Waals surface area contributed by atoms with Crippen LogP contribution >= 0.6 is 0 Å². The van der Waals surface area contributed by atoms with E-state index < -0.39 is 10.7 Å². The highest BCUT2D eigenvalue weighted by molar-refractivity contribution is 5.76. The highest BCUT2D eigenvalue weighted by Crippen LogP contribution is 2.21. The van der Waals surface area contributed by atoms with Crippen molar-refractivity contribution in [1.82, 2.24) is 9.55 Å². The number of aromatic nitrogens is 2. The fourth-order valence-electron chi connectivity index (χ4n) is 2.44. The molecule has 2 aromatic carbocycles. The van der Waals surface area contributed by atoms with Gasteiger partial charge >= 0.3 is 5.76 Å². The van der Waals surface area contributed by atoms with Crippen LogP contribution in [0.1, 0.15) is 5.89 Å². The zero-order chi connectivity index (χ0) is 16.0. The van der Waals surface area contributed by atoms with Gasteiger partial charge in [-0.15, -0.1) is 0 Å². The van der Waals surface area contributed by atoms with Gasteiger partial charge in [0.25, 0.3) is 5.69 Å². The topological polar surface area (TPSA) is 104 Å². The normalized spacial score (nSPS) is 11.3. The molecule has 0 atom stereocenters. The molecule has 0 spiro atoms. The molecule has 0 fully saturated rings. The van der Waals surface area contributed by atoms with Crippen LogP contribution in [0.2, 0.25) is 0 Å². The van der Waals surface area contributed by atoms with E-state index >= 15 is 0 Å². The van der Waals surface area contributed by atoms with Crippen molar-refractivity contribution in [2.45, 2.75) is 6.54 Å². The molecule has 2 heterocycles. The molecule has 0 saturated carbocycles. The van der Waals surface area contributed by atoms with Crippen molar-refractivity contribution in [1.29, 1.82) is 0 Å². The number of benzene rings is 2. The maximum absolute atomic E-state index is 12.0. The number of hydrogen-bond acceptors (Lipinski definition) is 6. The Morgan fingerprint density at radius 3 is 2.74 bits per heavy atom. The van der Waals surface area contributed by atoms with Gasteiger partial charge in [-0.3, -0.25) is 14.7 Å². The van der Waals surface area contributed by atoms with Crippen LogP contribution in [-0.4, -0.2) is 14.5 Å². The molecule has 0 aliphatic carbocycles. The van der Waals surface area contributed by atoms with Crippen molar-refractivity contribution >= 4 is 27.9 Å². The number of nitrogens with zero attached hydrogens (tertiary/aromatic N) is 3. The summed E-state index contributed by atoms with van der Waals surface area (Å²) in [6.07, 6.45) is 0. The molecule has 0 aliphatic rings. The largest absolute Gasteiger partial charge is 0.439 e. The van der Waals surface area contributed by atoms with E-state index in [1.807, 2.05) is 12.1 Å². The van der Waals surface area contributed by atoms with Gasteiger partial charge in [0.05, 0.1) is 10.4 Å². The number of non-ortho nitro benzene ring substituents is 1. The van der Waals surface area contributed by atoms with Crippen molar-refractivity contribution in [3.8, 4) is 0 Å². The monoisotopic (exact) mass is 311 g/mol. The molecule has 4 aromatic rings. The van der Waals surface area contributed by atoms with Gasteiger partial charge in [-0.2, -0.15) is 0 Å². The summed E-state index contributed by atoms with van der Waals surface area (Å²) >= 11 is 0. The third-order valence-corrected chi connectivity index (χ3v) is 3.49. The van der Waals surface area contributed by atoms with Gasteiger partial charge in [-0.25, -0.2) is 9.78 Å². The molecule has 0 radical (unpaired) electrons. The van der Waals surface area contributed by atoms with Crippen molar-refractivity contribution in [2.24, 2.45) is 0 Å². The quantitative estimate of drug-likeness (QED) is 0.425. The second kappa shape index (κ2) is 4.80. The molecule has 23 heavy (non-hydrogen) atoms. The first-order valence-corrected chi connectivity index (χ1v) is 6.74. The van der Waals surface area contributed by atoms with Gasteiger partial charge in [-0.1, -0.05) is 12.1 Å². The molecule has 0 aliphatic heterocycles. The number of fused-ring (bicyclic) bond motifs is 2. The Balaban J connectivity index is 1.84. The highest BCUT2D eigenvalue weighted by atomic mass is 16.6.